The first-order valence-electron chi connectivity index (χ1n) is 11.0. The smallest absolute Gasteiger partial charge is 0.303 e. The van der Waals surface area contributed by atoms with E-state index in [1.807, 2.05) is 42.5 Å². The molecule has 1 aromatic carbocycles. The molecule has 180 valence electrons. The zero-order chi connectivity index (χ0) is 25.4. The van der Waals surface area contributed by atoms with E-state index in [2.05, 4.69) is 20.4 Å². The van der Waals surface area contributed by atoms with E-state index in [-0.39, 0.29) is 30.3 Å². The summed E-state index contributed by atoms with van der Waals surface area (Å²) in [4.78, 5) is 58.7. The summed E-state index contributed by atoms with van der Waals surface area (Å²) in [6, 6.07) is 16.4. The van der Waals surface area contributed by atoms with E-state index in [9.17, 15) is 19.2 Å². The summed E-state index contributed by atoms with van der Waals surface area (Å²) < 4.78 is 1.14. The molecule has 2 amide bonds. The predicted molar refractivity (Wildman–Crippen MR) is 131 cm³/mol. The Labute approximate surface area is 204 Å². The molecular weight excluding hydrogens is 464 g/mol. The first kappa shape index (κ1) is 22.7. The van der Waals surface area contributed by atoms with Gasteiger partial charge in [0, 0.05) is 18.2 Å². The molecule has 3 aromatic heterocycles. The maximum Gasteiger partial charge on any atom is 0.303 e. The Morgan fingerprint density at radius 3 is 2.50 bits per heavy atom. The van der Waals surface area contributed by atoms with Gasteiger partial charge in [0.1, 0.15) is 5.69 Å². The summed E-state index contributed by atoms with van der Waals surface area (Å²) in [7, 11) is 0. The maximum atomic E-state index is 13.0. The van der Waals surface area contributed by atoms with Crippen LogP contribution in [0.1, 0.15) is 28.9 Å². The second-order valence-electron chi connectivity index (χ2n) is 8.15. The number of carboxylic acids is 1. The van der Waals surface area contributed by atoms with Gasteiger partial charge in [0.05, 0.1) is 29.1 Å². The average Bonchev–Trinajstić information content (AvgIpc) is 3.55. The van der Waals surface area contributed by atoms with Crippen molar-refractivity contribution < 1.29 is 19.5 Å². The minimum Gasteiger partial charge on any atom is -0.481 e. The van der Waals surface area contributed by atoms with Crippen LogP contribution in [0.4, 0.5) is 17.2 Å². The van der Waals surface area contributed by atoms with Crippen LogP contribution in [0.25, 0.3) is 17.1 Å². The highest BCUT2D eigenvalue weighted by molar-refractivity contribution is 6.21. The van der Waals surface area contributed by atoms with Crippen LogP contribution in [0.3, 0.4) is 0 Å². The molecule has 1 aliphatic heterocycles. The van der Waals surface area contributed by atoms with Crippen LogP contribution < -0.4 is 15.8 Å². The van der Waals surface area contributed by atoms with Crippen molar-refractivity contribution in [1.82, 2.24) is 19.7 Å². The number of amides is 2. The third-order valence-electron chi connectivity index (χ3n) is 5.66. The van der Waals surface area contributed by atoms with Crippen LogP contribution in [0.15, 0.2) is 65.6 Å². The number of nitrogens with one attached hydrogen (secondary N) is 2. The number of aromatic amines is 1. The Balaban J connectivity index is 1.31. The van der Waals surface area contributed by atoms with Crippen molar-refractivity contribution in [2.24, 2.45) is 0 Å². The monoisotopic (exact) mass is 484 g/mol. The third kappa shape index (κ3) is 4.25. The van der Waals surface area contributed by atoms with Crippen molar-refractivity contribution in [2.75, 3.05) is 10.2 Å². The summed E-state index contributed by atoms with van der Waals surface area (Å²) in [5.74, 6) is -1.17. The number of aryl methyl sites for hydroxylation is 1. The molecule has 11 heteroatoms. The Morgan fingerprint density at radius 1 is 1.03 bits per heavy atom. The number of hydrogen-bond acceptors (Lipinski definition) is 6. The molecule has 0 bridgehead atoms. The largest absolute Gasteiger partial charge is 0.481 e. The van der Waals surface area contributed by atoms with Gasteiger partial charge in [-0.05, 0) is 31.2 Å². The Morgan fingerprint density at radius 2 is 1.81 bits per heavy atom. The van der Waals surface area contributed by atoms with Gasteiger partial charge in [-0.2, -0.15) is 4.68 Å². The van der Waals surface area contributed by atoms with E-state index < -0.39 is 17.4 Å². The number of rotatable bonds is 7. The van der Waals surface area contributed by atoms with Crippen molar-refractivity contribution in [3.63, 3.8) is 0 Å². The number of benzene rings is 1. The van der Waals surface area contributed by atoms with E-state index in [4.69, 9.17) is 5.11 Å². The van der Waals surface area contributed by atoms with Gasteiger partial charge in [-0.1, -0.05) is 30.3 Å². The summed E-state index contributed by atoms with van der Waals surface area (Å²) >= 11 is 0. The molecule has 5 rings (SSSR count). The summed E-state index contributed by atoms with van der Waals surface area (Å²) in [6.45, 7) is 1.59. The highest BCUT2D eigenvalue weighted by atomic mass is 16.4. The van der Waals surface area contributed by atoms with Crippen LogP contribution in [0.2, 0.25) is 0 Å². The zero-order valence-corrected chi connectivity index (χ0v) is 19.1. The van der Waals surface area contributed by atoms with Crippen molar-refractivity contribution in [2.45, 2.75) is 19.8 Å². The van der Waals surface area contributed by atoms with Gasteiger partial charge in [-0.15, -0.1) is 0 Å². The number of pyridine rings is 2. The lowest BCUT2D eigenvalue weighted by molar-refractivity contribution is -0.138. The van der Waals surface area contributed by atoms with Crippen LogP contribution in [0, 0.1) is 6.92 Å². The molecule has 0 saturated carbocycles. The number of carbonyl (C=O) groups is 3. The van der Waals surface area contributed by atoms with E-state index in [1.165, 1.54) is 17.2 Å². The van der Waals surface area contributed by atoms with Crippen molar-refractivity contribution in [3.05, 3.63) is 82.4 Å². The number of nitrogens with zero attached hydrogens (tertiary/aromatic N) is 4. The van der Waals surface area contributed by atoms with Crippen LogP contribution in [-0.2, 0) is 9.59 Å². The van der Waals surface area contributed by atoms with Crippen molar-refractivity contribution >= 4 is 35.0 Å². The molecule has 3 N–H and O–H groups in total. The van der Waals surface area contributed by atoms with Gasteiger partial charge in [-0.3, -0.25) is 29.2 Å². The van der Waals surface area contributed by atoms with E-state index in [0.29, 0.717) is 17.1 Å². The normalized spacial score (nSPS) is 11.6. The first-order valence-corrected chi connectivity index (χ1v) is 11.0. The second kappa shape index (κ2) is 8.95. The van der Waals surface area contributed by atoms with Crippen molar-refractivity contribution in [3.8, 4) is 17.1 Å². The van der Waals surface area contributed by atoms with Gasteiger partial charge < -0.3 is 10.4 Å². The van der Waals surface area contributed by atoms with Crippen LogP contribution in [-0.4, -0.2) is 42.6 Å². The molecule has 36 heavy (non-hydrogen) atoms. The van der Waals surface area contributed by atoms with Crippen LogP contribution in [0.5, 0.6) is 0 Å². The predicted octanol–water partition coefficient (Wildman–Crippen LogP) is 3.03. The van der Waals surface area contributed by atoms with Crippen molar-refractivity contribution in [1.29, 1.82) is 0 Å². The fraction of sp³-hybridized carbons (Fsp3) is 0.120. The first-order chi connectivity index (χ1) is 17.3. The molecule has 1 aliphatic rings. The molecule has 0 radical (unpaired) electrons. The van der Waals surface area contributed by atoms with Gasteiger partial charge in [0.25, 0.3) is 11.5 Å². The Kier molecular flexibility index (Phi) is 5.65. The SMILES string of the molecule is Cc1[nH]n(-c2ccc(C(=O)N3c4ccc(-c5ccccc5)nc43)cn2)c(=O)c1NC(=O)CCC(=O)O. The Hall–Kier alpha value is -5.06. The van der Waals surface area contributed by atoms with Crippen LogP contribution >= 0.6 is 0 Å². The van der Waals surface area contributed by atoms with E-state index in [0.717, 1.165) is 21.6 Å². The fourth-order valence-electron chi connectivity index (χ4n) is 3.76. The summed E-state index contributed by atoms with van der Waals surface area (Å²) in [6.07, 6.45) is 0.766. The number of aliphatic carboxylic acids is 1. The summed E-state index contributed by atoms with van der Waals surface area (Å²) in [5.41, 5.74) is 2.59. The quantitative estimate of drug-likeness (QED) is 0.341. The maximum absolute atomic E-state index is 13.0. The molecular formula is C25H20N6O5. The van der Waals surface area contributed by atoms with E-state index in [1.54, 1.807) is 13.0 Å². The van der Waals surface area contributed by atoms with Gasteiger partial charge in [-0.25, -0.2) is 9.97 Å². The highest BCUT2D eigenvalue weighted by Crippen LogP contribution is 2.47. The number of anilines is 3. The minimum atomic E-state index is -1.11. The average molecular weight is 484 g/mol. The van der Waals surface area contributed by atoms with Gasteiger partial charge in [0.2, 0.25) is 5.91 Å². The number of carbonyl (C=O) groups excluding carboxylic acids is 2. The molecule has 0 spiro atoms. The Bertz CT molecular complexity index is 1560. The third-order valence-corrected chi connectivity index (χ3v) is 5.66. The highest BCUT2D eigenvalue weighted by Gasteiger charge is 2.38. The number of H-pyrrole nitrogens is 1. The van der Waals surface area contributed by atoms with Gasteiger partial charge in [0.15, 0.2) is 11.6 Å². The number of hydrogen-bond donors (Lipinski definition) is 3. The number of fused-ring (bicyclic) bond motifs is 1. The molecule has 0 saturated heterocycles. The standard InChI is InChI=1S/C25H20N6O5/c1-14-22(28-20(32)11-12-21(33)34)25(36)31(29-14)19-10-7-16(13-26-19)24(35)30-18-9-8-17(27-23(18)30)15-5-3-2-4-6-15/h2-10,13,29H,11-12H2,1H3,(H,28,32)(H,33,34). The summed E-state index contributed by atoms with van der Waals surface area (Å²) in [5, 5.41) is 14.0. The molecule has 0 atom stereocenters. The molecule has 0 aliphatic carbocycles. The second-order valence-corrected chi connectivity index (χ2v) is 8.15. The topological polar surface area (TPSA) is 150 Å². The number of aromatic nitrogens is 4. The minimum absolute atomic E-state index is 0.00665. The molecule has 0 fully saturated rings. The lowest BCUT2D eigenvalue weighted by atomic mass is 10.1. The lowest BCUT2D eigenvalue weighted by Gasteiger charge is -2.04. The van der Waals surface area contributed by atoms with E-state index >= 15 is 0 Å². The number of carboxylic acid groups (broad SMARTS) is 1. The molecule has 4 heterocycles. The zero-order valence-electron chi connectivity index (χ0n) is 19.1. The lowest BCUT2D eigenvalue weighted by Crippen LogP contribution is -2.22. The van der Waals surface area contributed by atoms with Gasteiger partial charge >= 0.3 is 5.97 Å². The molecule has 0 unspecified atom stereocenters. The molecule has 4 aromatic rings. The molecule has 11 nitrogen and oxygen atoms in total. The fourth-order valence-corrected chi connectivity index (χ4v) is 3.76.